The maximum Gasteiger partial charge on any atom is 0.228 e. The SMILES string of the molecule is CC1(C)CN(C(=O)Cc2ccc(N)cn2)CC(CO)O1. The molecule has 6 nitrogen and oxygen atoms in total. The van der Waals surface area contributed by atoms with Crippen LogP contribution in [0.25, 0.3) is 0 Å². The van der Waals surface area contributed by atoms with Gasteiger partial charge in [-0.15, -0.1) is 0 Å². The average molecular weight is 279 g/mol. The molecule has 3 N–H and O–H groups in total. The molecule has 1 aliphatic heterocycles. The smallest absolute Gasteiger partial charge is 0.228 e. The molecule has 0 aromatic carbocycles. The van der Waals surface area contributed by atoms with Crippen molar-refractivity contribution in [1.82, 2.24) is 9.88 Å². The summed E-state index contributed by atoms with van der Waals surface area (Å²) in [6.07, 6.45) is 1.44. The van der Waals surface area contributed by atoms with Crippen LogP contribution in [0.15, 0.2) is 18.3 Å². The van der Waals surface area contributed by atoms with Crippen LogP contribution in [0.1, 0.15) is 19.5 Å². The highest BCUT2D eigenvalue weighted by molar-refractivity contribution is 5.78. The molecular weight excluding hydrogens is 258 g/mol. The lowest BCUT2D eigenvalue weighted by Crippen LogP contribution is -2.55. The standard InChI is InChI=1S/C14H21N3O3/c1-14(2)9-17(7-12(8-18)20-14)13(19)5-11-4-3-10(15)6-16-11/h3-4,6,12,18H,5,7-9,15H2,1-2H3. The van der Waals surface area contributed by atoms with Gasteiger partial charge in [-0.2, -0.15) is 0 Å². The van der Waals surface area contributed by atoms with Crippen LogP contribution in [0, 0.1) is 0 Å². The zero-order valence-electron chi connectivity index (χ0n) is 11.9. The minimum Gasteiger partial charge on any atom is -0.397 e. The lowest BCUT2D eigenvalue weighted by atomic mass is 10.0. The van der Waals surface area contributed by atoms with Gasteiger partial charge in [-0.3, -0.25) is 9.78 Å². The van der Waals surface area contributed by atoms with Crippen molar-refractivity contribution in [3.8, 4) is 0 Å². The molecular formula is C14H21N3O3. The second-order valence-electron chi connectivity index (χ2n) is 5.72. The topological polar surface area (TPSA) is 88.7 Å². The fourth-order valence-electron chi connectivity index (χ4n) is 2.39. The Kier molecular flexibility index (Phi) is 4.25. The molecule has 110 valence electrons. The van der Waals surface area contributed by atoms with E-state index in [4.69, 9.17) is 10.5 Å². The summed E-state index contributed by atoms with van der Waals surface area (Å²) in [5.74, 6) is -0.0166. The van der Waals surface area contributed by atoms with Gasteiger partial charge in [-0.05, 0) is 26.0 Å². The summed E-state index contributed by atoms with van der Waals surface area (Å²) < 4.78 is 5.69. The third kappa shape index (κ3) is 3.68. The number of morpholine rings is 1. The number of ether oxygens (including phenoxy) is 1. The molecule has 0 spiro atoms. The van der Waals surface area contributed by atoms with Crippen molar-refractivity contribution in [2.75, 3.05) is 25.4 Å². The predicted molar refractivity (Wildman–Crippen MR) is 75.0 cm³/mol. The molecule has 6 heteroatoms. The van der Waals surface area contributed by atoms with Crippen LogP contribution in [0.3, 0.4) is 0 Å². The molecule has 1 unspecified atom stereocenters. The zero-order valence-corrected chi connectivity index (χ0v) is 11.9. The molecule has 0 radical (unpaired) electrons. The highest BCUT2D eigenvalue weighted by atomic mass is 16.5. The Hall–Kier alpha value is -1.66. The number of aromatic nitrogens is 1. The molecule has 1 saturated heterocycles. The molecule has 2 rings (SSSR count). The molecule has 1 aromatic rings. The van der Waals surface area contributed by atoms with Crippen molar-refractivity contribution in [1.29, 1.82) is 0 Å². The minimum atomic E-state index is -0.449. The number of anilines is 1. The van der Waals surface area contributed by atoms with Gasteiger partial charge in [-0.1, -0.05) is 0 Å². The summed E-state index contributed by atoms with van der Waals surface area (Å²) in [5.41, 5.74) is 6.39. The predicted octanol–water partition coefficient (Wildman–Crippen LogP) is 0.205. The van der Waals surface area contributed by atoms with E-state index in [-0.39, 0.29) is 25.0 Å². The number of carbonyl (C=O) groups is 1. The molecule has 1 fully saturated rings. The van der Waals surface area contributed by atoms with Gasteiger partial charge >= 0.3 is 0 Å². The van der Waals surface area contributed by atoms with Gasteiger partial charge in [-0.25, -0.2) is 0 Å². The number of amides is 1. The fourth-order valence-corrected chi connectivity index (χ4v) is 2.39. The zero-order chi connectivity index (χ0) is 14.8. The number of aliphatic hydroxyl groups is 1. The molecule has 0 bridgehead atoms. The van der Waals surface area contributed by atoms with Crippen LogP contribution in [0.5, 0.6) is 0 Å². The number of nitrogens with two attached hydrogens (primary N) is 1. The van der Waals surface area contributed by atoms with Crippen molar-refractivity contribution in [2.45, 2.75) is 32.0 Å². The number of hydrogen-bond acceptors (Lipinski definition) is 5. The van der Waals surface area contributed by atoms with Gasteiger partial charge in [0.15, 0.2) is 0 Å². The van der Waals surface area contributed by atoms with E-state index in [1.807, 2.05) is 13.8 Å². The first-order valence-electron chi connectivity index (χ1n) is 6.66. The first-order valence-corrected chi connectivity index (χ1v) is 6.66. The molecule has 2 heterocycles. The summed E-state index contributed by atoms with van der Waals surface area (Å²) in [7, 11) is 0. The van der Waals surface area contributed by atoms with Crippen molar-refractivity contribution < 1.29 is 14.6 Å². The summed E-state index contributed by atoms with van der Waals surface area (Å²) in [6, 6.07) is 3.48. The third-order valence-corrected chi connectivity index (χ3v) is 3.22. The summed E-state index contributed by atoms with van der Waals surface area (Å²) >= 11 is 0. The Labute approximate surface area is 118 Å². The molecule has 1 aliphatic rings. The lowest BCUT2D eigenvalue weighted by Gasteiger charge is -2.42. The number of nitrogens with zero attached hydrogens (tertiary/aromatic N) is 2. The van der Waals surface area contributed by atoms with Crippen molar-refractivity contribution in [2.24, 2.45) is 0 Å². The van der Waals surface area contributed by atoms with Gasteiger partial charge in [0.2, 0.25) is 5.91 Å². The second kappa shape index (κ2) is 5.76. The Morgan fingerprint density at radius 3 is 2.95 bits per heavy atom. The summed E-state index contributed by atoms with van der Waals surface area (Å²) in [4.78, 5) is 18.2. The number of nitrogen functional groups attached to an aromatic ring is 1. The molecule has 1 amide bonds. The first kappa shape index (κ1) is 14.7. The highest BCUT2D eigenvalue weighted by Gasteiger charge is 2.35. The van der Waals surface area contributed by atoms with E-state index in [1.54, 1.807) is 23.2 Å². The van der Waals surface area contributed by atoms with E-state index in [0.29, 0.717) is 24.5 Å². The Morgan fingerprint density at radius 2 is 2.35 bits per heavy atom. The highest BCUT2D eigenvalue weighted by Crippen LogP contribution is 2.21. The van der Waals surface area contributed by atoms with Gasteiger partial charge in [0.1, 0.15) is 0 Å². The van der Waals surface area contributed by atoms with E-state index in [1.165, 1.54) is 0 Å². The Bertz CT molecular complexity index is 473. The molecule has 0 aliphatic carbocycles. The van der Waals surface area contributed by atoms with Crippen LogP contribution in [0.2, 0.25) is 0 Å². The average Bonchev–Trinajstić information content (AvgIpc) is 2.39. The second-order valence-corrected chi connectivity index (χ2v) is 5.72. The molecule has 0 saturated carbocycles. The summed E-state index contributed by atoms with van der Waals surface area (Å²) in [6.45, 7) is 4.66. The number of rotatable bonds is 3. The number of hydrogen-bond donors (Lipinski definition) is 2. The summed E-state index contributed by atoms with van der Waals surface area (Å²) in [5, 5.41) is 9.25. The number of pyridine rings is 1. The lowest BCUT2D eigenvalue weighted by molar-refractivity contribution is -0.166. The fraction of sp³-hybridized carbons (Fsp3) is 0.571. The minimum absolute atomic E-state index is 0.0166. The van der Waals surface area contributed by atoms with E-state index in [2.05, 4.69) is 4.98 Å². The normalized spacial score (nSPS) is 21.8. The van der Waals surface area contributed by atoms with Crippen LogP contribution >= 0.6 is 0 Å². The first-order chi connectivity index (χ1) is 9.39. The molecule has 20 heavy (non-hydrogen) atoms. The maximum atomic E-state index is 12.3. The van der Waals surface area contributed by atoms with Gasteiger partial charge < -0.3 is 20.5 Å². The van der Waals surface area contributed by atoms with Crippen LogP contribution in [-0.2, 0) is 16.0 Å². The van der Waals surface area contributed by atoms with Gasteiger partial charge in [0.05, 0.1) is 36.6 Å². The molecule has 1 atom stereocenters. The van der Waals surface area contributed by atoms with Crippen molar-refractivity contribution in [3.63, 3.8) is 0 Å². The third-order valence-electron chi connectivity index (χ3n) is 3.22. The van der Waals surface area contributed by atoms with Crippen molar-refractivity contribution in [3.05, 3.63) is 24.0 Å². The largest absolute Gasteiger partial charge is 0.397 e. The van der Waals surface area contributed by atoms with E-state index >= 15 is 0 Å². The van der Waals surface area contributed by atoms with E-state index in [9.17, 15) is 9.90 Å². The monoisotopic (exact) mass is 279 g/mol. The Morgan fingerprint density at radius 1 is 1.60 bits per heavy atom. The van der Waals surface area contributed by atoms with E-state index in [0.717, 1.165) is 0 Å². The van der Waals surface area contributed by atoms with E-state index < -0.39 is 5.60 Å². The van der Waals surface area contributed by atoms with Crippen molar-refractivity contribution >= 4 is 11.6 Å². The van der Waals surface area contributed by atoms with Gasteiger partial charge in [0.25, 0.3) is 0 Å². The number of carbonyl (C=O) groups excluding carboxylic acids is 1. The van der Waals surface area contributed by atoms with Gasteiger partial charge in [0, 0.05) is 18.8 Å². The molecule has 1 aromatic heterocycles. The maximum absolute atomic E-state index is 12.3. The van der Waals surface area contributed by atoms with Crippen LogP contribution in [0.4, 0.5) is 5.69 Å². The Balaban J connectivity index is 2.02. The van der Waals surface area contributed by atoms with Crippen LogP contribution in [-0.4, -0.2) is 52.3 Å². The van der Waals surface area contributed by atoms with Crippen LogP contribution < -0.4 is 5.73 Å². The quantitative estimate of drug-likeness (QED) is 0.825. The number of aliphatic hydroxyl groups excluding tert-OH is 1.